The highest BCUT2D eigenvalue weighted by Gasteiger charge is 2.19. The van der Waals surface area contributed by atoms with Gasteiger partial charge in [-0.3, -0.25) is 9.47 Å². The third kappa shape index (κ3) is 6.32. The van der Waals surface area contributed by atoms with Crippen molar-refractivity contribution in [2.45, 2.75) is 35.9 Å². The lowest BCUT2D eigenvalue weighted by molar-refractivity contribution is 0.214. The van der Waals surface area contributed by atoms with Gasteiger partial charge in [-0.05, 0) is 74.5 Å². The van der Waals surface area contributed by atoms with Crippen molar-refractivity contribution in [3.63, 3.8) is 0 Å². The Morgan fingerprint density at radius 2 is 1.70 bits per heavy atom. The van der Waals surface area contributed by atoms with E-state index in [0.29, 0.717) is 29.8 Å². The highest BCUT2D eigenvalue weighted by atomic mass is 32.2. The Kier molecular flexibility index (Phi) is 7.63. The molecule has 3 aromatic rings. The Balaban J connectivity index is 1.42. The lowest BCUT2D eigenvalue weighted by atomic mass is 10.1. The van der Waals surface area contributed by atoms with Crippen LogP contribution in [0, 0.1) is 5.82 Å². The summed E-state index contributed by atoms with van der Waals surface area (Å²) in [6.45, 7) is 3.16. The van der Waals surface area contributed by atoms with Gasteiger partial charge in [0.15, 0.2) is 11.0 Å². The number of piperidine rings is 1. The van der Waals surface area contributed by atoms with Gasteiger partial charge in [-0.15, -0.1) is 10.2 Å². The van der Waals surface area contributed by atoms with Crippen LogP contribution in [0.5, 0.6) is 5.75 Å². The predicted octanol–water partition coefficient (Wildman–Crippen LogP) is 3.21. The first-order chi connectivity index (χ1) is 15.9. The van der Waals surface area contributed by atoms with Crippen LogP contribution in [0.25, 0.3) is 5.69 Å². The van der Waals surface area contributed by atoms with Crippen LogP contribution in [-0.2, 0) is 16.6 Å². The number of rotatable bonds is 9. The van der Waals surface area contributed by atoms with Gasteiger partial charge >= 0.3 is 0 Å². The Bertz CT molecular complexity index is 1160. The van der Waals surface area contributed by atoms with Gasteiger partial charge in [0.1, 0.15) is 11.6 Å². The number of primary sulfonamides is 1. The zero-order valence-corrected chi connectivity index (χ0v) is 19.7. The first-order valence-electron chi connectivity index (χ1n) is 10.7. The molecule has 1 aliphatic heterocycles. The average molecular weight is 492 g/mol. The normalized spacial score (nSPS) is 15.0. The van der Waals surface area contributed by atoms with E-state index in [2.05, 4.69) is 15.1 Å². The molecule has 0 saturated carbocycles. The van der Waals surface area contributed by atoms with Crippen LogP contribution in [0.15, 0.2) is 58.6 Å². The molecule has 176 valence electrons. The smallest absolute Gasteiger partial charge is 0.238 e. The maximum atomic E-state index is 13.5. The summed E-state index contributed by atoms with van der Waals surface area (Å²) in [6.07, 6.45) is 3.62. The van der Waals surface area contributed by atoms with Crippen LogP contribution in [0.3, 0.4) is 0 Å². The molecule has 2 aromatic carbocycles. The largest absolute Gasteiger partial charge is 0.493 e. The number of halogens is 1. The van der Waals surface area contributed by atoms with E-state index in [4.69, 9.17) is 9.88 Å². The second-order valence-electron chi connectivity index (χ2n) is 7.76. The molecule has 0 unspecified atom stereocenters. The number of benzene rings is 2. The number of ether oxygens (including phenoxy) is 1. The van der Waals surface area contributed by atoms with Crippen molar-refractivity contribution < 1.29 is 17.5 Å². The molecule has 1 fully saturated rings. The SMILES string of the molecule is NS(=O)(=O)c1ccc(OCCSc2nnc(CN3CCCCC3)n2-c2ccc(F)cc2)cc1. The van der Waals surface area contributed by atoms with E-state index in [9.17, 15) is 12.8 Å². The zero-order valence-electron chi connectivity index (χ0n) is 18.1. The van der Waals surface area contributed by atoms with Crippen molar-refractivity contribution in [2.75, 3.05) is 25.4 Å². The summed E-state index contributed by atoms with van der Waals surface area (Å²) in [5, 5.41) is 14.6. The molecule has 33 heavy (non-hydrogen) atoms. The van der Waals surface area contributed by atoms with Crippen LogP contribution >= 0.6 is 11.8 Å². The topological polar surface area (TPSA) is 103 Å². The molecule has 1 aliphatic rings. The van der Waals surface area contributed by atoms with Gasteiger partial charge in [0.2, 0.25) is 10.0 Å². The molecule has 0 aliphatic carbocycles. The molecular weight excluding hydrogens is 465 g/mol. The van der Waals surface area contributed by atoms with Crippen molar-refractivity contribution >= 4 is 21.8 Å². The van der Waals surface area contributed by atoms with Crippen LogP contribution in [-0.4, -0.2) is 53.5 Å². The quantitative estimate of drug-likeness (QED) is 0.362. The number of aromatic nitrogens is 3. The molecule has 1 aromatic heterocycles. The van der Waals surface area contributed by atoms with Crippen LogP contribution < -0.4 is 9.88 Å². The summed E-state index contributed by atoms with van der Waals surface area (Å²) in [5.41, 5.74) is 0.815. The van der Waals surface area contributed by atoms with Gasteiger partial charge in [0.05, 0.1) is 18.0 Å². The van der Waals surface area contributed by atoms with Gasteiger partial charge in [-0.2, -0.15) is 0 Å². The predicted molar refractivity (Wildman–Crippen MR) is 124 cm³/mol. The first-order valence-corrected chi connectivity index (χ1v) is 13.2. The molecule has 0 amide bonds. The number of likely N-dealkylation sites (tertiary alicyclic amines) is 1. The van der Waals surface area contributed by atoms with E-state index in [1.165, 1.54) is 55.3 Å². The number of nitrogens with zero attached hydrogens (tertiary/aromatic N) is 4. The van der Waals surface area contributed by atoms with Gasteiger partial charge in [-0.25, -0.2) is 17.9 Å². The number of nitrogens with two attached hydrogens (primary N) is 1. The molecule has 0 bridgehead atoms. The maximum Gasteiger partial charge on any atom is 0.238 e. The Hall–Kier alpha value is -2.47. The number of hydrogen-bond donors (Lipinski definition) is 1. The molecule has 4 rings (SSSR count). The molecular formula is C22H26FN5O3S2. The van der Waals surface area contributed by atoms with Crippen LogP contribution in [0.2, 0.25) is 0 Å². The van der Waals surface area contributed by atoms with Crippen molar-refractivity contribution in [3.05, 3.63) is 60.2 Å². The third-order valence-corrected chi connectivity index (χ3v) is 7.16. The average Bonchev–Trinajstić information content (AvgIpc) is 3.20. The molecule has 8 nitrogen and oxygen atoms in total. The molecule has 2 heterocycles. The third-order valence-electron chi connectivity index (χ3n) is 5.33. The Morgan fingerprint density at radius 3 is 2.36 bits per heavy atom. The van der Waals surface area contributed by atoms with Gasteiger partial charge in [-0.1, -0.05) is 18.2 Å². The minimum Gasteiger partial charge on any atom is -0.493 e. The number of sulfonamides is 1. The second kappa shape index (κ2) is 10.6. The van der Waals surface area contributed by atoms with Crippen molar-refractivity contribution in [1.29, 1.82) is 0 Å². The van der Waals surface area contributed by atoms with Crippen LogP contribution in [0.4, 0.5) is 4.39 Å². The van der Waals surface area contributed by atoms with Crippen molar-refractivity contribution in [2.24, 2.45) is 5.14 Å². The van der Waals surface area contributed by atoms with Crippen molar-refractivity contribution in [3.8, 4) is 11.4 Å². The summed E-state index contributed by atoms with van der Waals surface area (Å²) >= 11 is 1.49. The first kappa shape index (κ1) is 23.7. The highest BCUT2D eigenvalue weighted by molar-refractivity contribution is 7.99. The minimum atomic E-state index is -3.73. The summed E-state index contributed by atoms with van der Waals surface area (Å²) in [4.78, 5) is 2.41. The Labute approximate surface area is 197 Å². The van der Waals surface area contributed by atoms with E-state index in [1.54, 1.807) is 24.3 Å². The number of hydrogen-bond acceptors (Lipinski definition) is 7. The van der Waals surface area contributed by atoms with Crippen LogP contribution in [0.1, 0.15) is 25.1 Å². The monoisotopic (exact) mass is 491 g/mol. The van der Waals surface area contributed by atoms with Gasteiger partial charge in [0, 0.05) is 11.4 Å². The molecule has 0 spiro atoms. The van der Waals surface area contributed by atoms with E-state index in [-0.39, 0.29) is 10.7 Å². The summed E-state index contributed by atoms with van der Waals surface area (Å²) < 4.78 is 43.9. The molecule has 2 N–H and O–H groups in total. The fourth-order valence-corrected chi connectivity index (χ4v) is 4.98. The van der Waals surface area contributed by atoms with Gasteiger partial charge in [0.25, 0.3) is 0 Å². The fraction of sp³-hybridized carbons (Fsp3) is 0.364. The summed E-state index contributed by atoms with van der Waals surface area (Å²) in [7, 11) is -3.73. The fourth-order valence-electron chi connectivity index (χ4n) is 3.68. The standard InChI is InChI=1S/C22H26FN5O3S2/c23-17-4-6-18(7-5-17)28-21(16-27-12-2-1-3-13-27)25-26-22(28)32-15-14-31-19-8-10-20(11-9-19)33(24,29)30/h4-11H,1-3,12-16H2,(H2,24,29,30). The number of thioether (sulfide) groups is 1. The van der Waals surface area contributed by atoms with E-state index in [0.717, 1.165) is 24.6 Å². The lowest BCUT2D eigenvalue weighted by Gasteiger charge is -2.26. The molecule has 0 radical (unpaired) electrons. The minimum absolute atomic E-state index is 0.0397. The molecule has 1 saturated heterocycles. The highest BCUT2D eigenvalue weighted by Crippen LogP contribution is 2.24. The summed E-state index contributed by atoms with van der Waals surface area (Å²) in [5.74, 6) is 1.68. The molecule has 11 heteroatoms. The maximum absolute atomic E-state index is 13.5. The van der Waals surface area contributed by atoms with E-state index < -0.39 is 10.0 Å². The zero-order chi connectivity index (χ0) is 23.3. The van der Waals surface area contributed by atoms with E-state index >= 15 is 0 Å². The second-order valence-corrected chi connectivity index (χ2v) is 10.4. The lowest BCUT2D eigenvalue weighted by Crippen LogP contribution is -2.30. The summed E-state index contributed by atoms with van der Waals surface area (Å²) in [6, 6.07) is 12.3. The molecule has 0 atom stereocenters. The Morgan fingerprint density at radius 1 is 1.00 bits per heavy atom. The van der Waals surface area contributed by atoms with Gasteiger partial charge < -0.3 is 4.74 Å². The van der Waals surface area contributed by atoms with E-state index in [1.807, 2.05) is 4.57 Å². The van der Waals surface area contributed by atoms with Crippen molar-refractivity contribution in [1.82, 2.24) is 19.7 Å².